The topological polar surface area (TPSA) is 80.4 Å². The number of fused-ring (bicyclic) bond motifs is 1. The van der Waals surface area contributed by atoms with Crippen LogP contribution in [0.5, 0.6) is 5.75 Å². The summed E-state index contributed by atoms with van der Waals surface area (Å²) in [5, 5.41) is 2.91. The molecule has 0 fully saturated rings. The van der Waals surface area contributed by atoms with Crippen molar-refractivity contribution >= 4 is 29.2 Å². The molecule has 0 spiro atoms. The number of H-pyrrole nitrogens is 1. The van der Waals surface area contributed by atoms with Gasteiger partial charge in [-0.2, -0.15) is 0 Å². The first-order valence-electron chi connectivity index (χ1n) is 8.57. The van der Waals surface area contributed by atoms with E-state index in [2.05, 4.69) is 26.9 Å². The summed E-state index contributed by atoms with van der Waals surface area (Å²) >= 11 is 0. The van der Waals surface area contributed by atoms with E-state index in [1.54, 1.807) is 19.4 Å². The number of aromatic nitrogens is 1. The third-order valence-electron chi connectivity index (χ3n) is 4.28. The average Bonchev–Trinajstić information content (AvgIpc) is 3.25. The van der Waals surface area contributed by atoms with Crippen LogP contribution in [-0.2, 0) is 20.7 Å². The van der Waals surface area contributed by atoms with Crippen LogP contribution in [0.25, 0.3) is 11.6 Å². The molecular formula is C21H20N2O4. The maximum absolute atomic E-state index is 12.5. The van der Waals surface area contributed by atoms with Crippen molar-refractivity contribution in [3.05, 3.63) is 47.3 Å². The number of benzene rings is 1. The molecule has 6 heteroatoms. The number of carbonyl (C=O) groups excluding carboxylic acids is 2. The fourth-order valence-electron chi connectivity index (χ4n) is 3.03. The summed E-state index contributed by atoms with van der Waals surface area (Å²) in [7, 11) is 2.90. The largest absolute Gasteiger partial charge is 0.495 e. The van der Waals surface area contributed by atoms with E-state index >= 15 is 0 Å². The van der Waals surface area contributed by atoms with Crippen molar-refractivity contribution in [2.45, 2.75) is 19.3 Å². The van der Waals surface area contributed by atoms with E-state index in [4.69, 9.17) is 4.74 Å². The van der Waals surface area contributed by atoms with Gasteiger partial charge >= 0.3 is 5.97 Å². The first kappa shape index (κ1) is 18.3. The molecule has 0 unspecified atom stereocenters. The third-order valence-corrected chi connectivity index (χ3v) is 4.28. The van der Waals surface area contributed by atoms with Gasteiger partial charge in [-0.25, -0.2) is 4.79 Å². The van der Waals surface area contributed by atoms with Crippen LogP contribution in [0.3, 0.4) is 0 Å². The summed E-state index contributed by atoms with van der Waals surface area (Å²) in [5.41, 5.74) is 4.11. The highest BCUT2D eigenvalue weighted by atomic mass is 16.5. The van der Waals surface area contributed by atoms with Crippen LogP contribution < -0.4 is 10.1 Å². The standard InChI is InChI=1S/C21H20N2O4/c1-26-18-11-12-22-17(18)13-15-20-14(7-4-3-5-10-19(24)27-2)8-6-9-16(20)23-21(15)25/h6,8-9,11-13,22H,3-4,7H2,1-2H3,(H,23,25). The highest BCUT2D eigenvalue weighted by molar-refractivity contribution is 6.35. The second kappa shape index (κ2) is 8.28. The first-order chi connectivity index (χ1) is 13.1. The molecule has 1 aromatic carbocycles. The lowest BCUT2D eigenvalue weighted by Gasteiger charge is -2.07. The lowest BCUT2D eigenvalue weighted by Crippen LogP contribution is -2.03. The molecule has 2 N–H and O–H groups in total. The van der Waals surface area contributed by atoms with Gasteiger partial charge in [-0.3, -0.25) is 4.79 Å². The predicted octanol–water partition coefficient (Wildman–Crippen LogP) is 3.02. The number of amides is 1. The Morgan fingerprint density at radius 1 is 1.26 bits per heavy atom. The molecule has 0 atom stereocenters. The van der Waals surface area contributed by atoms with Gasteiger partial charge in [0.1, 0.15) is 5.75 Å². The van der Waals surface area contributed by atoms with E-state index in [-0.39, 0.29) is 5.91 Å². The predicted molar refractivity (Wildman–Crippen MR) is 103 cm³/mol. The zero-order chi connectivity index (χ0) is 19.2. The molecule has 0 radical (unpaired) electrons. The minimum absolute atomic E-state index is 0.139. The Bertz CT molecular complexity index is 960. The number of ether oxygens (including phenoxy) is 2. The molecule has 1 aliphatic heterocycles. The highest BCUT2D eigenvalue weighted by Crippen LogP contribution is 2.37. The second-order valence-corrected chi connectivity index (χ2v) is 5.96. The molecule has 138 valence electrons. The molecule has 1 aromatic heterocycles. The number of rotatable bonds is 5. The van der Waals surface area contributed by atoms with E-state index in [9.17, 15) is 9.59 Å². The van der Waals surface area contributed by atoms with Crippen molar-refractivity contribution in [2.75, 3.05) is 19.5 Å². The number of hydrogen-bond acceptors (Lipinski definition) is 4. The molecule has 0 saturated carbocycles. The van der Waals surface area contributed by atoms with Crippen LogP contribution in [0, 0.1) is 11.8 Å². The molecule has 0 bridgehead atoms. The summed E-state index contributed by atoms with van der Waals surface area (Å²) in [5.74, 6) is 5.23. The monoisotopic (exact) mass is 364 g/mol. The molecule has 2 heterocycles. The summed E-state index contributed by atoms with van der Waals surface area (Å²) in [4.78, 5) is 26.6. The molecule has 3 rings (SSSR count). The van der Waals surface area contributed by atoms with Crippen LogP contribution in [0.1, 0.15) is 29.7 Å². The number of hydrogen-bond donors (Lipinski definition) is 2. The van der Waals surface area contributed by atoms with Crippen LogP contribution >= 0.6 is 0 Å². The second-order valence-electron chi connectivity index (χ2n) is 5.96. The van der Waals surface area contributed by atoms with Crippen molar-refractivity contribution in [2.24, 2.45) is 0 Å². The van der Waals surface area contributed by atoms with Crippen molar-refractivity contribution < 1.29 is 19.1 Å². The maximum atomic E-state index is 12.5. The van der Waals surface area contributed by atoms with Crippen molar-refractivity contribution in [3.63, 3.8) is 0 Å². The number of aryl methyl sites for hydroxylation is 1. The number of nitrogens with one attached hydrogen (secondary N) is 2. The normalized spacial score (nSPS) is 13.6. The Morgan fingerprint density at radius 2 is 2.11 bits per heavy atom. The quantitative estimate of drug-likeness (QED) is 0.281. The summed E-state index contributed by atoms with van der Waals surface area (Å²) in [6, 6.07) is 7.63. The maximum Gasteiger partial charge on any atom is 0.384 e. The highest BCUT2D eigenvalue weighted by Gasteiger charge is 2.27. The van der Waals surface area contributed by atoms with Gasteiger partial charge < -0.3 is 19.8 Å². The molecule has 0 saturated heterocycles. The molecule has 6 nitrogen and oxygen atoms in total. The lowest BCUT2D eigenvalue weighted by molar-refractivity contribution is -0.133. The summed E-state index contributed by atoms with van der Waals surface area (Å²) < 4.78 is 9.80. The zero-order valence-corrected chi connectivity index (χ0v) is 15.2. The SMILES string of the molecule is COC(=O)C#CCCCc1cccc2c1C(=Cc1[nH]ccc1OC)C(=O)N2. The van der Waals surface area contributed by atoms with Crippen molar-refractivity contribution in [3.8, 4) is 17.6 Å². The Morgan fingerprint density at radius 3 is 2.89 bits per heavy atom. The van der Waals surface area contributed by atoms with Gasteiger partial charge in [-0.1, -0.05) is 18.1 Å². The van der Waals surface area contributed by atoms with Crippen molar-refractivity contribution in [1.29, 1.82) is 0 Å². The molecule has 0 aliphatic carbocycles. The lowest BCUT2D eigenvalue weighted by atomic mass is 9.96. The fourth-order valence-corrected chi connectivity index (χ4v) is 3.03. The van der Waals surface area contributed by atoms with Gasteiger partial charge in [-0.15, -0.1) is 0 Å². The van der Waals surface area contributed by atoms with Crippen molar-refractivity contribution in [1.82, 2.24) is 4.98 Å². The van der Waals surface area contributed by atoms with Crippen LogP contribution in [0.15, 0.2) is 30.5 Å². The third kappa shape index (κ3) is 4.04. The number of esters is 1. The number of methoxy groups -OCH3 is 2. The van der Waals surface area contributed by atoms with Gasteiger partial charge in [0, 0.05) is 29.8 Å². The molecule has 27 heavy (non-hydrogen) atoms. The van der Waals surface area contributed by atoms with E-state index < -0.39 is 5.97 Å². The Kier molecular flexibility index (Phi) is 5.62. The Labute approximate surface area is 157 Å². The minimum Gasteiger partial charge on any atom is -0.495 e. The Hall–Kier alpha value is -3.46. The van der Waals surface area contributed by atoms with E-state index in [1.807, 2.05) is 24.3 Å². The average molecular weight is 364 g/mol. The Balaban J connectivity index is 1.83. The van der Waals surface area contributed by atoms with E-state index in [0.717, 1.165) is 35.3 Å². The molecule has 2 aromatic rings. The fraction of sp³-hybridized carbons (Fsp3) is 0.238. The zero-order valence-electron chi connectivity index (χ0n) is 15.2. The van der Waals surface area contributed by atoms with Gasteiger partial charge in [0.15, 0.2) is 0 Å². The van der Waals surface area contributed by atoms with E-state index in [1.165, 1.54) is 7.11 Å². The van der Waals surface area contributed by atoms with Gasteiger partial charge in [-0.05, 0) is 36.6 Å². The first-order valence-corrected chi connectivity index (χ1v) is 8.57. The molecular weight excluding hydrogens is 344 g/mol. The smallest absolute Gasteiger partial charge is 0.384 e. The van der Waals surface area contributed by atoms with Gasteiger partial charge in [0.2, 0.25) is 0 Å². The van der Waals surface area contributed by atoms with Crippen LogP contribution in [0.4, 0.5) is 5.69 Å². The number of aromatic amines is 1. The summed E-state index contributed by atoms with van der Waals surface area (Å²) in [6.45, 7) is 0. The van der Waals surface area contributed by atoms with Gasteiger partial charge in [0.05, 0.1) is 25.5 Å². The number of anilines is 1. The molecule has 1 aliphatic rings. The van der Waals surface area contributed by atoms with Crippen LogP contribution in [-0.4, -0.2) is 31.1 Å². The van der Waals surface area contributed by atoms with Gasteiger partial charge in [0.25, 0.3) is 5.91 Å². The summed E-state index contributed by atoms with van der Waals surface area (Å²) in [6.07, 6.45) is 5.66. The number of carbonyl (C=O) groups is 2. The minimum atomic E-state index is -0.532. The molecule has 1 amide bonds. The van der Waals surface area contributed by atoms with Crippen LogP contribution in [0.2, 0.25) is 0 Å². The van der Waals surface area contributed by atoms with E-state index in [0.29, 0.717) is 17.7 Å². The number of unbranched alkanes of at least 4 members (excludes halogenated alkanes) is 1.